The molecule has 1 aliphatic rings. The van der Waals surface area contributed by atoms with Crippen LogP contribution in [0.4, 0.5) is 4.39 Å². The van der Waals surface area contributed by atoms with E-state index in [1.807, 2.05) is 7.05 Å². The van der Waals surface area contributed by atoms with Gasteiger partial charge in [-0.05, 0) is 13.1 Å². The second kappa shape index (κ2) is 3.10. The summed E-state index contributed by atoms with van der Waals surface area (Å²) in [6.07, 6.45) is 4.49. The fraction of sp³-hybridized carbons (Fsp3) is 0.667. The largest absolute Gasteiger partial charge is 0.335 e. The van der Waals surface area contributed by atoms with Crippen LogP contribution in [-0.2, 0) is 12.7 Å². The molecule has 1 aromatic heterocycles. The van der Waals surface area contributed by atoms with Gasteiger partial charge in [0.2, 0.25) is 0 Å². The molecule has 0 spiro atoms. The number of nitrogens with zero attached hydrogens (tertiary/aromatic N) is 2. The number of imidazole rings is 1. The Labute approximate surface area is 77.0 Å². The van der Waals surface area contributed by atoms with Gasteiger partial charge in [-0.2, -0.15) is 0 Å². The molecule has 1 N–H and O–H groups in total. The lowest BCUT2D eigenvalue weighted by molar-refractivity contribution is 0.101. The molecule has 0 bridgehead atoms. The Balaban J connectivity index is 2.27. The van der Waals surface area contributed by atoms with Gasteiger partial charge in [-0.3, -0.25) is 0 Å². The maximum Gasteiger partial charge on any atom is 0.170 e. The van der Waals surface area contributed by atoms with Crippen LogP contribution in [0.5, 0.6) is 0 Å². The minimum atomic E-state index is -1.22. The van der Waals surface area contributed by atoms with Crippen molar-refractivity contribution in [2.75, 3.05) is 13.1 Å². The average Bonchev–Trinajstić information content (AvgIpc) is 2.53. The van der Waals surface area contributed by atoms with E-state index in [2.05, 4.69) is 10.3 Å². The van der Waals surface area contributed by atoms with Crippen LogP contribution in [0.3, 0.4) is 0 Å². The van der Waals surface area contributed by atoms with Gasteiger partial charge in [0.15, 0.2) is 5.67 Å². The number of halogens is 1. The lowest BCUT2D eigenvalue weighted by atomic mass is 9.93. The Morgan fingerprint density at radius 2 is 2.23 bits per heavy atom. The normalized spacial score (nSPS) is 21.7. The Morgan fingerprint density at radius 3 is 2.77 bits per heavy atom. The van der Waals surface area contributed by atoms with Crippen LogP contribution in [0, 0.1) is 0 Å². The van der Waals surface area contributed by atoms with E-state index in [9.17, 15) is 4.39 Å². The van der Waals surface area contributed by atoms with Gasteiger partial charge in [-0.15, -0.1) is 0 Å². The van der Waals surface area contributed by atoms with E-state index in [0.29, 0.717) is 18.7 Å². The van der Waals surface area contributed by atoms with Gasteiger partial charge in [-0.1, -0.05) is 0 Å². The van der Waals surface area contributed by atoms with Gasteiger partial charge in [0.25, 0.3) is 0 Å². The summed E-state index contributed by atoms with van der Waals surface area (Å²) in [7, 11) is 1.84. The zero-order valence-corrected chi connectivity index (χ0v) is 7.76. The SMILES string of the molecule is Cn1ccnc1C1(F)CCNCC1. The molecule has 2 rings (SSSR count). The van der Waals surface area contributed by atoms with Gasteiger partial charge in [0.1, 0.15) is 5.82 Å². The molecule has 0 amide bonds. The lowest BCUT2D eigenvalue weighted by Gasteiger charge is -2.29. The molecular weight excluding hydrogens is 169 g/mol. The zero-order valence-electron chi connectivity index (χ0n) is 7.76. The summed E-state index contributed by atoms with van der Waals surface area (Å²) in [5.41, 5.74) is -1.22. The predicted octanol–water partition coefficient (Wildman–Crippen LogP) is 0.968. The summed E-state index contributed by atoms with van der Waals surface area (Å²) in [5, 5.41) is 3.14. The van der Waals surface area contributed by atoms with Crippen molar-refractivity contribution in [1.82, 2.24) is 14.9 Å². The van der Waals surface area contributed by atoms with E-state index in [0.717, 1.165) is 13.1 Å². The first-order chi connectivity index (χ1) is 6.22. The smallest absolute Gasteiger partial charge is 0.170 e. The van der Waals surface area contributed by atoms with Crippen LogP contribution in [0.1, 0.15) is 18.7 Å². The van der Waals surface area contributed by atoms with Crippen LogP contribution in [0.25, 0.3) is 0 Å². The molecule has 0 radical (unpaired) electrons. The minimum absolute atomic E-state index is 0.526. The van der Waals surface area contributed by atoms with Crippen molar-refractivity contribution in [3.8, 4) is 0 Å². The highest BCUT2D eigenvalue weighted by atomic mass is 19.1. The highest BCUT2D eigenvalue weighted by molar-refractivity contribution is 5.06. The first-order valence-electron chi connectivity index (χ1n) is 4.60. The number of nitrogens with one attached hydrogen (secondary N) is 1. The first kappa shape index (κ1) is 8.69. The van der Waals surface area contributed by atoms with Crippen molar-refractivity contribution >= 4 is 0 Å². The molecule has 13 heavy (non-hydrogen) atoms. The van der Waals surface area contributed by atoms with Gasteiger partial charge < -0.3 is 9.88 Å². The summed E-state index contributed by atoms with van der Waals surface area (Å²) in [6, 6.07) is 0. The molecule has 4 heteroatoms. The molecule has 0 atom stereocenters. The van der Waals surface area contributed by atoms with E-state index in [1.54, 1.807) is 17.0 Å². The summed E-state index contributed by atoms with van der Waals surface area (Å²) in [5.74, 6) is 0.564. The van der Waals surface area contributed by atoms with Crippen LogP contribution in [0.15, 0.2) is 12.4 Å². The maximum absolute atomic E-state index is 14.3. The number of piperidine rings is 1. The molecule has 1 fully saturated rings. The zero-order chi connectivity index (χ0) is 9.31. The Morgan fingerprint density at radius 1 is 1.54 bits per heavy atom. The molecule has 0 aliphatic carbocycles. The monoisotopic (exact) mass is 183 g/mol. The second-order valence-corrected chi connectivity index (χ2v) is 3.58. The Hall–Kier alpha value is -0.900. The molecule has 0 saturated carbocycles. The summed E-state index contributed by atoms with van der Waals surface area (Å²) >= 11 is 0. The van der Waals surface area contributed by atoms with E-state index in [4.69, 9.17) is 0 Å². The number of aryl methyl sites for hydroxylation is 1. The van der Waals surface area contributed by atoms with E-state index in [1.165, 1.54) is 0 Å². The van der Waals surface area contributed by atoms with Gasteiger partial charge in [-0.25, -0.2) is 9.37 Å². The quantitative estimate of drug-likeness (QED) is 0.703. The van der Waals surface area contributed by atoms with Crippen molar-refractivity contribution in [2.24, 2.45) is 7.05 Å². The molecule has 3 nitrogen and oxygen atoms in total. The number of hydrogen-bond donors (Lipinski definition) is 1. The molecule has 72 valence electrons. The maximum atomic E-state index is 14.3. The predicted molar refractivity (Wildman–Crippen MR) is 48.1 cm³/mol. The van der Waals surface area contributed by atoms with Crippen LogP contribution >= 0.6 is 0 Å². The number of rotatable bonds is 1. The molecule has 0 aromatic carbocycles. The van der Waals surface area contributed by atoms with E-state index >= 15 is 0 Å². The lowest BCUT2D eigenvalue weighted by Crippen LogP contribution is -2.38. The molecule has 2 heterocycles. The first-order valence-corrected chi connectivity index (χ1v) is 4.60. The molecule has 1 saturated heterocycles. The minimum Gasteiger partial charge on any atom is -0.335 e. The van der Waals surface area contributed by atoms with Crippen LogP contribution < -0.4 is 5.32 Å². The van der Waals surface area contributed by atoms with Crippen molar-refractivity contribution in [1.29, 1.82) is 0 Å². The third-order valence-electron chi connectivity index (χ3n) is 2.62. The highest BCUT2D eigenvalue weighted by Gasteiger charge is 2.36. The van der Waals surface area contributed by atoms with Crippen LogP contribution in [0.2, 0.25) is 0 Å². The molecular formula is C9H14FN3. The third kappa shape index (κ3) is 1.46. The van der Waals surface area contributed by atoms with Gasteiger partial charge >= 0.3 is 0 Å². The summed E-state index contributed by atoms with van der Waals surface area (Å²) < 4.78 is 16.0. The van der Waals surface area contributed by atoms with Crippen molar-refractivity contribution in [3.63, 3.8) is 0 Å². The van der Waals surface area contributed by atoms with E-state index in [-0.39, 0.29) is 0 Å². The topological polar surface area (TPSA) is 29.9 Å². The average molecular weight is 183 g/mol. The highest BCUT2D eigenvalue weighted by Crippen LogP contribution is 2.33. The molecule has 1 aromatic rings. The second-order valence-electron chi connectivity index (χ2n) is 3.58. The fourth-order valence-corrected chi connectivity index (χ4v) is 1.84. The standard InChI is InChI=1S/C9H14FN3/c1-13-7-6-12-8(13)9(10)2-4-11-5-3-9/h6-7,11H,2-5H2,1H3. The number of hydrogen-bond acceptors (Lipinski definition) is 2. The number of aromatic nitrogens is 2. The van der Waals surface area contributed by atoms with Crippen molar-refractivity contribution < 1.29 is 4.39 Å². The number of alkyl halides is 1. The van der Waals surface area contributed by atoms with Crippen LogP contribution in [-0.4, -0.2) is 22.6 Å². The van der Waals surface area contributed by atoms with Crippen molar-refractivity contribution in [3.05, 3.63) is 18.2 Å². The molecule has 0 unspecified atom stereocenters. The van der Waals surface area contributed by atoms with Crippen molar-refractivity contribution in [2.45, 2.75) is 18.5 Å². The Bertz CT molecular complexity index is 289. The van der Waals surface area contributed by atoms with Gasteiger partial charge in [0.05, 0.1) is 0 Å². The Kier molecular flexibility index (Phi) is 2.07. The fourth-order valence-electron chi connectivity index (χ4n) is 1.84. The van der Waals surface area contributed by atoms with E-state index < -0.39 is 5.67 Å². The van der Waals surface area contributed by atoms with Gasteiger partial charge in [0, 0.05) is 32.3 Å². The molecule has 1 aliphatic heterocycles. The summed E-state index contributed by atoms with van der Waals surface area (Å²) in [6.45, 7) is 1.48. The third-order valence-corrected chi connectivity index (χ3v) is 2.62. The summed E-state index contributed by atoms with van der Waals surface area (Å²) in [4.78, 5) is 4.07.